The number of hydrogen-bond donors (Lipinski definition) is 1. The molecule has 30 heavy (non-hydrogen) atoms. The van der Waals surface area contributed by atoms with E-state index in [1.807, 2.05) is 18.2 Å². The van der Waals surface area contributed by atoms with E-state index < -0.39 is 4.92 Å². The number of methoxy groups -OCH3 is 1. The molecule has 0 spiro atoms. The monoisotopic (exact) mass is 423 g/mol. The van der Waals surface area contributed by atoms with Crippen molar-refractivity contribution in [2.45, 2.75) is 12.5 Å². The Hall–Kier alpha value is -3.23. The topological polar surface area (TPSA) is 84.7 Å². The lowest BCUT2D eigenvalue weighted by Gasteiger charge is -2.35. The number of fused-ring (bicyclic) bond motifs is 1. The van der Waals surface area contributed by atoms with E-state index in [-0.39, 0.29) is 29.9 Å². The molecule has 2 aromatic carbocycles. The van der Waals surface area contributed by atoms with Gasteiger partial charge in [0, 0.05) is 11.4 Å². The molecular weight excluding hydrogens is 402 g/mol. The molecule has 1 atom stereocenters. The second kappa shape index (κ2) is 8.64. The molecule has 1 unspecified atom stereocenters. The Morgan fingerprint density at radius 3 is 2.80 bits per heavy atom. The lowest BCUT2D eigenvalue weighted by Crippen LogP contribution is -2.40. The Labute approximate surface area is 178 Å². The van der Waals surface area contributed by atoms with Crippen LogP contribution in [-0.4, -0.2) is 35.9 Å². The molecule has 154 valence electrons. The van der Waals surface area contributed by atoms with E-state index in [9.17, 15) is 14.9 Å². The molecule has 0 saturated heterocycles. The second-order valence-corrected chi connectivity index (χ2v) is 8.02. The predicted molar refractivity (Wildman–Crippen MR) is 116 cm³/mol. The first kappa shape index (κ1) is 20.1. The zero-order valence-corrected chi connectivity index (χ0v) is 17.2. The maximum absolute atomic E-state index is 12.8. The van der Waals surface area contributed by atoms with Crippen molar-refractivity contribution in [2.75, 3.05) is 25.5 Å². The van der Waals surface area contributed by atoms with Crippen LogP contribution in [0.3, 0.4) is 0 Å². The quantitative estimate of drug-likeness (QED) is 0.473. The maximum Gasteiger partial charge on any atom is 0.296 e. The van der Waals surface area contributed by atoms with Crippen LogP contribution >= 0.6 is 11.3 Å². The fourth-order valence-corrected chi connectivity index (χ4v) is 4.74. The largest absolute Gasteiger partial charge is 0.496 e. The number of nitrogens with zero attached hydrogens (tertiary/aromatic N) is 2. The first-order chi connectivity index (χ1) is 14.6. The Morgan fingerprint density at radius 1 is 1.27 bits per heavy atom. The van der Waals surface area contributed by atoms with Crippen molar-refractivity contribution in [1.82, 2.24) is 4.90 Å². The number of nitrogens with one attached hydrogen (secondary N) is 1. The van der Waals surface area contributed by atoms with Gasteiger partial charge in [-0.05, 0) is 41.1 Å². The van der Waals surface area contributed by atoms with Gasteiger partial charge in [0.05, 0.1) is 30.7 Å². The number of nitro groups is 1. The van der Waals surface area contributed by atoms with E-state index in [4.69, 9.17) is 4.74 Å². The van der Waals surface area contributed by atoms with Crippen LogP contribution in [0.15, 0.2) is 60.0 Å². The molecule has 1 aromatic heterocycles. The minimum absolute atomic E-state index is 0.0159. The van der Waals surface area contributed by atoms with Crippen molar-refractivity contribution in [3.8, 4) is 5.75 Å². The number of carbonyl (C=O) groups excluding carboxylic acids is 1. The number of nitro benzene ring substituents is 1. The third-order valence-corrected chi connectivity index (χ3v) is 6.20. The standard InChI is InChI=1S/C22H21N3O4S/c1-29-16-7-8-18(19(13-16)25(27)28)23-21(26)14-24-11-9-20-17(10-12-30-20)22(24)15-5-3-2-4-6-15/h2-8,10,12-13,22H,9,11,14H2,1H3,(H,23,26). The number of carbonyl (C=O) groups is 1. The molecule has 1 aliphatic heterocycles. The van der Waals surface area contributed by atoms with Crippen LogP contribution in [0.1, 0.15) is 22.0 Å². The zero-order chi connectivity index (χ0) is 21.1. The number of benzene rings is 2. The molecule has 0 fully saturated rings. The van der Waals surface area contributed by atoms with Gasteiger partial charge in [-0.25, -0.2) is 0 Å². The van der Waals surface area contributed by atoms with Crippen molar-refractivity contribution in [1.29, 1.82) is 0 Å². The Morgan fingerprint density at radius 2 is 2.07 bits per heavy atom. The summed E-state index contributed by atoms with van der Waals surface area (Å²) in [5.74, 6) is 0.0766. The van der Waals surface area contributed by atoms with E-state index in [1.165, 1.54) is 29.7 Å². The molecule has 0 saturated carbocycles. The molecule has 8 heteroatoms. The van der Waals surface area contributed by atoms with Gasteiger partial charge in [0.2, 0.25) is 5.91 Å². The molecule has 2 heterocycles. The van der Waals surface area contributed by atoms with Crippen molar-refractivity contribution in [3.63, 3.8) is 0 Å². The Kier molecular flexibility index (Phi) is 5.78. The van der Waals surface area contributed by atoms with Crippen LogP contribution in [0.2, 0.25) is 0 Å². The number of rotatable bonds is 6. The van der Waals surface area contributed by atoms with Gasteiger partial charge < -0.3 is 10.1 Å². The molecule has 4 rings (SSSR count). The molecule has 3 aromatic rings. The minimum atomic E-state index is -0.524. The van der Waals surface area contributed by atoms with E-state index in [2.05, 4.69) is 33.8 Å². The molecule has 1 N–H and O–H groups in total. The fourth-order valence-electron chi connectivity index (χ4n) is 3.83. The number of hydrogen-bond acceptors (Lipinski definition) is 6. The molecular formula is C22H21N3O4S. The van der Waals surface area contributed by atoms with Gasteiger partial charge in [0.1, 0.15) is 11.4 Å². The number of thiophene rings is 1. The van der Waals surface area contributed by atoms with Gasteiger partial charge in [-0.3, -0.25) is 19.8 Å². The third kappa shape index (κ3) is 4.05. The summed E-state index contributed by atoms with van der Waals surface area (Å²) in [6.45, 7) is 0.878. The van der Waals surface area contributed by atoms with Crippen molar-refractivity contribution >= 4 is 28.6 Å². The van der Waals surface area contributed by atoms with Crippen LogP contribution < -0.4 is 10.1 Å². The average Bonchev–Trinajstić information content (AvgIpc) is 3.23. The average molecular weight is 423 g/mol. The first-order valence-corrected chi connectivity index (χ1v) is 10.4. The lowest BCUT2D eigenvalue weighted by atomic mass is 9.93. The maximum atomic E-state index is 12.8. The highest BCUT2D eigenvalue weighted by Crippen LogP contribution is 2.37. The summed E-state index contributed by atoms with van der Waals surface area (Å²) in [4.78, 5) is 27.2. The van der Waals surface area contributed by atoms with Gasteiger partial charge >= 0.3 is 0 Å². The fraction of sp³-hybridized carbons (Fsp3) is 0.227. The van der Waals surface area contributed by atoms with Crippen LogP contribution in [0.4, 0.5) is 11.4 Å². The Bertz CT molecular complexity index is 1070. The molecule has 0 aliphatic carbocycles. The van der Waals surface area contributed by atoms with Crippen molar-refractivity contribution < 1.29 is 14.5 Å². The van der Waals surface area contributed by atoms with Gasteiger partial charge in [0.25, 0.3) is 5.69 Å². The van der Waals surface area contributed by atoms with Crippen molar-refractivity contribution in [3.05, 3.63) is 86.1 Å². The van der Waals surface area contributed by atoms with Crippen LogP contribution in [0.5, 0.6) is 5.75 Å². The summed E-state index contributed by atoms with van der Waals surface area (Å²) >= 11 is 1.74. The van der Waals surface area contributed by atoms with Crippen LogP contribution in [0.25, 0.3) is 0 Å². The van der Waals surface area contributed by atoms with E-state index in [1.54, 1.807) is 17.4 Å². The van der Waals surface area contributed by atoms with Gasteiger partial charge in [0.15, 0.2) is 0 Å². The van der Waals surface area contributed by atoms with E-state index in [0.717, 1.165) is 18.5 Å². The number of anilines is 1. The number of amides is 1. The van der Waals surface area contributed by atoms with Crippen molar-refractivity contribution in [2.24, 2.45) is 0 Å². The highest BCUT2D eigenvalue weighted by Gasteiger charge is 2.31. The molecule has 1 amide bonds. The van der Waals surface area contributed by atoms with E-state index >= 15 is 0 Å². The summed E-state index contributed by atoms with van der Waals surface area (Å²) in [6, 6.07) is 16.6. The highest BCUT2D eigenvalue weighted by atomic mass is 32.1. The second-order valence-electron chi connectivity index (χ2n) is 7.02. The smallest absolute Gasteiger partial charge is 0.296 e. The highest BCUT2D eigenvalue weighted by molar-refractivity contribution is 7.10. The normalized spacial score (nSPS) is 16.0. The van der Waals surface area contributed by atoms with Gasteiger partial charge in [-0.1, -0.05) is 30.3 Å². The number of ether oxygens (including phenoxy) is 1. The predicted octanol–water partition coefficient (Wildman–Crippen LogP) is 4.25. The summed E-state index contributed by atoms with van der Waals surface area (Å²) in [5, 5.41) is 16.2. The van der Waals surface area contributed by atoms with Crippen LogP contribution in [-0.2, 0) is 11.2 Å². The first-order valence-electron chi connectivity index (χ1n) is 9.54. The summed E-state index contributed by atoms with van der Waals surface area (Å²) in [7, 11) is 1.44. The summed E-state index contributed by atoms with van der Waals surface area (Å²) in [6.07, 6.45) is 0.881. The Balaban J connectivity index is 1.56. The summed E-state index contributed by atoms with van der Waals surface area (Å²) in [5.41, 5.74) is 2.32. The molecule has 0 radical (unpaired) electrons. The van der Waals surface area contributed by atoms with Gasteiger partial charge in [-0.2, -0.15) is 0 Å². The summed E-state index contributed by atoms with van der Waals surface area (Å²) < 4.78 is 5.05. The third-order valence-electron chi connectivity index (χ3n) is 5.20. The molecule has 1 aliphatic rings. The van der Waals surface area contributed by atoms with Gasteiger partial charge in [-0.15, -0.1) is 11.3 Å². The molecule has 0 bridgehead atoms. The SMILES string of the molecule is COc1ccc(NC(=O)CN2CCc3sccc3C2c2ccccc2)c([N+](=O)[O-])c1. The van der Waals surface area contributed by atoms with E-state index in [0.29, 0.717) is 5.75 Å². The zero-order valence-electron chi connectivity index (χ0n) is 16.4. The van der Waals surface area contributed by atoms with Crippen LogP contribution in [0, 0.1) is 10.1 Å². The lowest BCUT2D eigenvalue weighted by molar-refractivity contribution is -0.384. The minimum Gasteiger partial charge on any atom is -0.496 e. The molecule has 7 nitrogen and oxygen atoms in total.